The molecule has 0 aliphatic heterocycles. The lowest BCUT2D eigenvalue weighted by Crippen LogP contribution is -2.32. The van der Waals surface area contributed by atoms with Gasteiger partial charge in [0.05, 0.1) is 17.2 Å². The van der Waals surface area contributed by atoms with Crippen LogP contribution < -0.4 is 5.32 Å². The van der Waals surface area contributed by atoms with E-state index in [2.05, 4.69) is 21.3 Å². The van der Waals surface area contributed by atoms with E-state index >= 15 is 0 Å². The fourth-order valence-electron chi connectivity index (χ4n) is 1.90. The van der Waals surface area contributed by atoms with Gasteiger partial charge >= 0.3 is 0 Å². The van der Waals surface area contributed by atoms with Crippen LogP contribution in [-0.4, -0.2) is 40.9 Å². The summed E-state index contributed by atoms with van der Waals surface area (Å²) < 4.78 is 5.15. The van der Waals surface area contributed by atoms with Crippen LogP contribution in [0.3, 0.4) is 0 Å². The molecule has 1 N–H and O–H groups in total. The molecule has 1 heterocycles. The van der Waals surface area contributed by atoms with Gasteiger partial charge in [-0.05, 0) is 20.1 Å². The molecule has 1 rings (SSSR count). The lowest BCUT2D eigenvalue weighted by atomic mass is 10.2. The third-order valence-corrected chi connectivity index (χ3v) is 3.74. The van der Waals surface area contributed by atoms with Crippen LogP contribution in [0.5, 0.6) is 0 Å². The highest BCUT2D eigenvalue weighted by atomic mass is 32.2. The quantitative estimate of drug-likeness (QED) is 0.421. The monoisotopic (exact) mass is 324 g/mol. The van der Waals surface area contributed by atoms with Crippen molar-refractivity contribution in [1.82, 2.24) is 15.4 Å². The molecule has 120 valence electrons. The van der Waals surface area contributed by atoms with Crippen molar-refractivity contribution in [1.29, 1.82) is 0 Å². The molecule has 0 amide bonds. The van der Waals surface area contributed by atoms with Gasteiger partial charge < -0.3 is 9.84 Å². The van der Waals surface area contributed by atoms with Crippen LogP contribution in [0.15, 0.2) is 15.8 Å². The summed E-state index contributed by atoms with van der Waals surface area (Å²) in [7, 11) is 0. The Kier molecular flexibility index (Phi) is 7.49. The van der Waals surface area contributed by atoms with Crippen LogP contribution in [-0.2, 0) is 6.54 Å². The van der Waals surface area contributed by atoms with Crippen molar-refractivity contribution < 1.29 is 9.45 Å². The standard InChI is InChI=1S/C14H20N4O3S/c1-5-7-17(9-13-11(2)16-21-12(13)3)8-6-15-14(22-4)10-18(19)20/h1,10,15H,6-9H2,2-4H3/b14-10-. The second kappa shape index (κ2) is 9.12. The molecule has 0 unspecified atom stereocenters. The van der Waals surface area contributed by atoms with Crippen molar-refractivity contribution in [3.05, 3.63) is 38.4 Å². The zero-order chi connectivity index (χ0) is 16.5. The average molecular weight is 324 g/mol. The van der Waals surface area contributed by atoms with Gasteiger partial charge in [-0.2, -0.15) is 0 Å². The number of aryl methyl sites for hydroxylation is 2. The number of hydrogen-bond donors (Lipinski definition) is 1. The second-order valence-corrected chi connectivity index (χ2v) is 5.48. The fraction of sp³-hybridized carbons (Fsp3) is 0.500. The van der Waals surface area contributed by atoms with Gasteiger partial charge in [0.15, 0.2) is 0 Å². The Balaban J connectivity index is 2.58. The molecule has 0 radical (unpaired) electrons. The topological polar surface area (TPSA) is 84.4 Å². The van der Waals surface area contributed by atoms with E-state index < -0.39 is 4.92 Å². The highest BCUT2D eigenvalue weighted by Crippen LogP contribution is 2.14. The number of nitrogens with zero attached hydrogens (tertiary/aromatic N) is 3. The van der Waals surface area contributed by atoms with Crippen LogP contribution in [0.1, 0.15) is 17.0 Å². The predicted octanol–water partition coefficient (Wildman–Crippen LogP) is 1.75. The smallest absolute Gasteiger partial charge is 0.263 e. The molecule has 0 aromatic carbocycles. The molecule has 0 saturated carbocycles. The van der Waals surface area contributed by atoms with Crippen LogP contribution in [0.2, 0.25) is 0 Å². The number of terminal acetylenes is 1. The molecule has 0 atom stereocenters. The van der Waals surface area contributed by atoms with Crippen molar-refractivity contribution in [2.24, 2.45) is 0 Å². The van der Waals surface area contributed by atoms with E-state index in [1.165, 1.54) is 11.8 Å². The highest BCUT2D eigenvalue weighted by Gasteiger charge is 2.13. The summed E-state index contributed by atoms with van der Waals surface area (Å²) in [5.41, 5.74) is 1.88. The van der Waals surface area contributed by atoms with Gasteiger partial charge in [-0.25, -0.2) is 0 Å². The van der Waals surface area contributed by atoms with Crippen LogP contribution in [0.4, 0.5) is 0 Å². The highest BCUT2D eigenvalue weighted by molar-refractivity contribution is 8.02. The van der Waals surface area contributed by atoms with E-state index in [1.54, 1.807) is 6.26 Å². The van der Waals surface area contributed by atoms with E-state index in [0.717, 1.165) is 23.2 Å². The maximum atomic E-state index is 10.5. The zero-order valence-corrected chi connectivity index (χ0v) is 13.8. The predicted molar refractivity (Wildman–Crippen MR) is 86.7 cm³/mol. The number of hydrogen-bond acceptors (Lipinski definition) is 7. The maximum Gasteiger partial charge on any atom is 0.263 e. The Morgan fingerprint density at radius 2 is 2.36 bits per heavy atom. The lowest BCUT2D eigenvalue weighted by Gasteiger charge is -2.20. The van der Waals surface area contributed by atoms with Gasteiger partial charge in [0.25, 0.3) is 6.20 Å². The molecule has 8 heteroatoms. The third kappa shape index (κ3) is 5.79. The van der Waals surface area contributed by atoms with Crippen molar-refractivity contribution in [2.45, 2.75) is 20.4 Å². The molecule has 7 nitrogen and oxygen atoms in total. The van der Waals surface area contributed by atoms with Gasteiger partial charge in [0.1, 0.15) is 10.8 Å². The molecular formula is C14H20N4O3S. The van der Waals surface area contributed by atoms with Gasteiger partial charge in [0.2, 0.25) is 0 Å². The Labute approximate surface area is 134 Å². The van der Waals surface area contributed by atoms with Crippen molar-refractivity contribution in [2.75, 3.05) is 25.9 Å². The van der Waals surface area contributed by atoms with E-state index in [4.69, 9.17) is 10.9 Å². The number of nitrogens with one attached hydrogen (secondary N) is 1. The molecule has 0 fully saturated rings. The van der Waals surface area contributed by atoms with Crippen LogP contribution in [0.25, 0.3) is 0 Å². The zero-order valence-electron chi connectivity index (χ0n) is 13.0. The summed E-state index contributed by atoms with van der Waals surface area (Å²) in [5, 5.41) is 18.0. The number of thioether (sulfide) groups is 1. The first kappa shape index (κ1) is 18.1. The third-order valence-electron chi connectivity index (χ3n) is 3.05. The van der Waals surface area contributed by atoms with Crippen molar-refractivity contribution in [3.8, 4) is 12.3 Å². The first-order valence-electron chi connectivity index (χ1n) is 6.68. The van der Waals surface area contributed by atoms with E-state index in [-0.39, 0.29) is 0 Å². The van der Waals surface area contributed by atoms with E-state index in [9.17, 15) is 10.1 Å². The fourth-order valence-corrected chi connectivity index (χ4v) is 2.34. The van der Waals surface area contributed by atoms with Gasteiger partial charge in [-0.3, -0.25) is 15.0 Å². The molecular weight excluding hydrogens is 304 g/mol. The molecule has 0 spiro atoms. The number of nitro groups is 1. The van der Waals surface area contributed by atoms with Crippen LogP contribution >= 0.6 is 11.8 Å². The number of aromatic nitrogens is 1. The summed E-state index contributed by atoms with van der Waals surface area (Å²) in [6.07, 6.45) is 8.15. The summed E-state index contributed by atoms with van der Waals surface area (Å²) in [4.78, 5) is 12.1. The average Bonchev–Trinajstić information content (AvgIpc) is 2.77. The van der Waals surface area contributed by atoms with Gasteiger partial charge in [-0.1, -0.05) is 11.1 Å². The molecule has 22 heavy (non-hydrogen) atoms. The minimum atomic E-state index is -0.470. The second-order valence-electron chi connectivity index (χ2n) is 4.63. The molecule has 1 aromatic rings. The molecule has 0 aliphatic rings. The summed E-state index contributed by atoms with van der Waals surface area (Å²) in [5.74, 6) is 3.41. The van der Waals surface area contributed by atoms with Crippen LogP contribution in [0, 0.1) is 36.3 Å². The lowest BCUT2D eigenvalue weighted by molar-refractivity contribution is -0.403. The first-order valence-corrected chi connectivity index (χ1v) is 7.91. The van der Waals surface area contributed by atoms with E-state index in [1.807, 2.05) is 13.8 Å². The summed E-state index contributed by atoms with van der Waals surface area (Å²) in [6, 6.07) is 0. The summed E-state index contributed by atoms with van der Waals surface area (Å²) in [6.45, 7) is 6.10. The molecule has 1 aromatic heterocycles. The minimum absolute atomic E-state index is 0.470. The Bertz CT molecular complexity index is 558. The molecule has 0 saturated heterocycles. The minimum Gasteiger partial charge on any atom is -0.374 e. The Morgan fingerprint density at radius 1 is 1.64 bits per heavy atom. The SMILES string of the molecule is C#CCN(CCN/C(=C/[N+](=O)[O-])SC)Cc1c(C)noc1C. The van der Waals surface area contributed by atoms with E-state index in [0.29, 0.717) is 31.2 Å². The Morgan fingerprint density at radius 3 is 2.86 bits per heavy atom. The van der Waals surface area contributed by atoms with Crippen molar-refractivity contribution >= 4 is 11.8 Å². The normalized spacial score (nSPS) is 11.5. The molecule has 0 aliphatic carbocycles. The Hall–Kier alpha value is -1.98. The number of rotatable bonds is 9. The summed E-state index contributed by atoms with van der Waals surface area (Å²) >= 11 is 1.30. The molecule has 0 bridgehead atoms. The largest absolute Gasteiger partial charge is 0.374 e. The van der Waals surface area contributed by atoms with Gasteiger partial charge in [-0.15, -0.1) is 18.2 Å². The van der Waals surface area contributed by atoms with Crippen molar-refractivity contribution in [3.63, 3.8) is 0 Å². The maximum absolute atomic E-state index is 10.5. The van der Waals surface area contributed by atoms with Gasteiger partial charge in [0, 0.05) is 25.2 Å². The first-order chi connectivity index (χ1) is 10.5.